The van der Waals surface area contributed by atoms with Gasteiger partial charge in [-0.05, 0) is 36.5 Å². The molecule has 102 valence electrons. The quantitative estimate of drug-likeness (QED) is 0.809. The molecule has 3 heteroatoms. The predicted molar refractivity (Wildman–Crippen MR) is 78.3 cm³/mol. The molecule has 1 atom stereocenters. The molecule has 0 radical (unpaired) electrons. The Bertz CT molecular complexity index is 525. The summed E-state index contributed by atoms with van der Waals surface area (Å²) in [4.78, 5) is 2.06. The summed E-state index contributed by atoms with van der Waals surface area (Å²) >= 11 is 0. The monoisotopic (exact) mass is 259 g/mol. The van der Waals surface area contributed by atoms with Crippen LogP contribution in [0.15, 0.2) is 42.5 Å². The topological polar surface area (TPSA) is 32.7 Å². The van der Waals surface area contributed by atoms with Gasteiger partial charge >= 0.3 is 0 Å². The third-order valence-electron chi connectivity index (χ3n) is 3.12. The number of rotatable bonds is 6. The van der Waals surface area contributed by atoms with E-state index in [-0.39, 0.29) is 0 Å². The van der Waals surface area contributed by atoms with E-state index < -0.39 is 6.10 Å². The third kappa shape index (κ3) is 4.03. The maximum atomic E-state index is 10.1. The number of aliphatic hydroxyl groups excluding tert-OH is 1. The van der Waals surface area contributed by atoms with E-state index in [2.05, 4.69) is 17.0 Å². The van der Waals surface area contributed by atoms with Gasteiger partial charge < -0.3 is 14.7 Å². The smallest absolute Gasteiger partial charge is 0.102 e. The largest absolute Gasteiger partial charge is 0.386 e. The Hall–Kier alpha value is -1.42. The average molecular weight is 259 g/mol. The Morgan fingerprint density at radius 2 is 1.84 bits per heavy atom. The van der Waals surface area contributed by atoms with Crippen molar-refractivity contribution in [2.45, 2.75) is 6.10 Å². The van der Waals surface area contributed by atoms with Gasteiger partial charge in [0.25, 0.3) is 0 Å². The fourth-order valence-electron chi connectivity index (χ4n) is 1.95. The summed E-state index contributed by atoms with van der Waals surface area (Å²) in [6.07, 6.45) is -0.563. The zero-order valence-electron chi connectivity index (χ0n) is 11.5. The number of likely N-dealkylation sites (N-methyl/N-ethyl adjacent to an activating group) is 1. The lowest BCUT2D eigenvalue weighted by Crippen LogP contribution is -2.19. The normalized spacial score (nSPS) is 13.1. The van der Waals surface area contributed by atoms with Crippen LogP contribution < -0.4 is 0 Å². The van der Waals surface area contributed by atoms with Crippen LogP contribution in [0.5, 0.6) is 0 Å². The zero-order chi connectivity index (χ0) is 13.7. The van der Waals surface area contributed by atoms with Gasteiger partial charge in [0.1, 0.15) is 6.10 Å². The highest BCUT2D eigenvalue weighted by atomic mass is 16.5. The molecule has 1 N–H and O–H groups in total. The molecule has 0 aliphatic rings. The first kappa shape index (κ1) is 14.0. The van der Waals surface area contributed by atoms with Crippen LogP contribution in [-0.4, -0.2) is 43.9 Å². The molecule has 0 aromatic heterocycles. The predicted octanol–water partition coefficient (Wildman–Crippen LogP) is 2.45. The van der Waals surface area contributed by atoms with Crippen molar-refractivity contribution < 1.29 is 9.84 Å². The van der Waals surface area contributed by atoms with Crippen LogP contribution in [0.4, 0.5) is 0 Å². The fourth-order valence-corrected chi connectivity index (χ4v) is 1.95. The molecule has 2 aromatic carbocycles. The van der Waals surface area contributed by atoms with Crippen LogP contribution in [0.2, 0.25) is 0 Å². The molecule has 0 spiro atoms. The molecule has 0 saturated carbocycles. The molecule has 0 aliphatic carbocycles. The van der Waals surface area contributed by atoms with E-state index in [0.29, 0.717) is 13.2 Å². The van der Waals surface area contributed by atoms with Crippen molar-refractivity contribution in [2.75, 3.05) is 33.9 Å². The van der Waals surface area contributed by atoms with Crippen LogP contribution in [-0.2, 0) is 4.74 Å². The number of aliphatic hydroxyl groups is 1. The van der Waals surface area contributed by atoms with Crippen molar-refractivity contribution in [3.8, 4) is 0 Å². The first-order valence-corrected chi connectivity index (χ1v) is 6.56. The van der Waals surface area contributed by atoms with Crippen LogP contribution in [0.25, 0.3) is 10.8 Å². The van der Waals surface area contributed by atoms with E-state index in [1.807, 2.05) is 44.4 Å². The summed E-state index contributed by atoms with van der Waals surface area (Å²) in [5, 5.41) is 12.4. The zero-order valence-corrected chi connectivity index (χ0v) is 11.5. The summed E-state index contributed by atoms with van der Waals surface area (Å²) in [7, 11) is 4.01. The SMILES string of the molecule is CN(C)CCOCC(O)c1ccc2ccccc2c1. The summed E-state index contributed by atoms with van der Waals surface area (Å²) < 4.78 is 5.48. The van der Waals surface area contributed by atoms with E-state index in [4.69, 9.17) is 4.74 Å². The highest BCUT2D eigenvalue weighted by molar-refractivity contribution is 5.83. The van der Waals surface area contributed by atoms with E-state index in [1.165, 1.54) is 5.39 Å². The molecule has 1 unspecified atom stereocenters. The molecule has 0 saturated heterocycles. The first-order chi connectivity index (χ1) is 9.16. The number of hydrogen-bond donors (Lipinski definition) is 1. The lowest BCUT2D eigenvalue weighted by atomic mass is 10.0. The fraction of sp³-hybridized carbons (Fsp3) is 0.375. The Morgan fingerprint density at radius 3 is 2.58 bits per heavy atom. The standard InChI is InChI=1S/C16H21NO2/c1-17(2)9-10-19-12-16(18)15-8-7-13-5-3-4-6-14(13)11-15/h3-8,11,16,18H,9-10,12H2,1-2H3. The van der Waals surface area contributed by atoms with Gasteiger partial charge in [0.05, 0.1) is 13.2 Å². The van der Waals surface area contributed by atoms with Gasteiger partial charge in [-0.25, -0.2) is 0 Å². The number of fused-ring (bicyclic) bond motifs is 1. The number of nitrogens with zero attached hydrogens (tertiary/aromatic N) is 1. The van der Waals surface area contributed by atoms with Crippen LogP contribution in [0, 0.1) is 0 Å². The molecule has 3 nitrogen and oxygen atoms in total. The maximum Gasteiger partial charge on any atom is 0.102 e. The highest BCUT2D eigenvalue weighted by Crippen LogP contribution is 2.20. The minimum absolute atomic E-state index is 0.339. The van der Waals surface area contributed by atoms with E-state index >= 15 is 0 Å². The number of benzene rings is 2. The molecule has 2 aromatic rings. The Balaban J connectivity index is 1.95. The second-order valence-corrected chi connectivity index (χ2v) is 5.00. The van der Waals surface area contributed by atoms with Crippen molar-refractivity contribution in [3.05, 3.63) is 48.0 Å². The van der Waals surface area contributed by atoms with Gasteiger partial charge in [0.15, 0.2) is 0 Å². The van der Waals surface area contributed by atoms with Gasteiger partial charge in [0.2, 0.25) is 0 Å². The number of hydrogen-bond acceptors (Lipinski definition) is 3. The minimum Gasteiger partial charge on any atom is -0.386 e. The van der Waals surface area contributed by atoms with Crippen molar-refractivity contribution >= 4 is 10.8 Å². The van der Waals surface area contributed by atoms with Crippen molar-refractivity contribution in [1.82, 2.24) is 4.90 Å². The minimum atomic E-state index is -0.563. The average Bonchev–Trinajstić information content (AvgIpc) is 2.42. The van der Waals surface area contributed by atoms with Gasteiger partial charge in [-0.1, -0.05) is 36.4 Å². The van der Waals surface area contributed by atoms with Crippen LogP contribution in [0.1, 0.15) is 11.7 Å². The molecule has 2 rings (SSSR count). The molecule has 0 amide bonds. The van der Waals surface area contributed by atoms with Crippen molar-refractivity contribution in [2.24, 2.45) is 0 Å². The van der Waals surface area contributed by atoms with Gasteiger partial charge in [0, 0.05) is 6.54 Å². The third-order valence-corrected chi connectivity index (χ3v) is 3.12. The summed E-state index contributed by atoms with van der Waals surface area (Å²) in [6.45, 7) is 1.84. The van der Waals surface area contributed by atoms with Crippen molar-refractivity contribution in [1.29, 1.82) is 0 Å². The summed E-state index contributed by atoms with van der Waals surface area (Å²) in [6, 6.07) is 14.2. The first-order valence-electron chi connectivity index (χ1n) is 6.56. The van der Waals surface area contributed by atoms with Crippen molar-refractivity contribution in [3.63, 3.8) is 0 Å². The lowest BCUT2D eigenvalue weighted by molar-refractivity contribution is 0.0307. The van der Waals surface area contributed by atoms with Crippen LogP contribution >= 0.6 is 0 Å². The summed E-state index contributed by atoms with van der Waals surface area (Å²) in [5.74, 6) is 0. The van der Waals surface area contributed by atoms with E-state index in [0.717, 1.165) is 17.5 Å². The van der Waals surface area contributed by atoms with Gasteiger partial charge in [-0.2, -0.15) is 0 Å². The maximum absolute atomic E-state index is 10.1. The van der Waals surface area contributed by atoms with Gasteiger partial charge in [-0.3, -0.25) is 0 Å². The molecular formula is C16H21NO2. The Morgan fingerprint density at radius 1 is 1.11 bits per heavy atom. The molecule has 0 aliphatic heterocycles. The Kier molecular flexibility index (Phi) is 4.91. The Labute approximate surface area is 114 Å². The lowest BCUT2D eigenvalue weighted by Gasteiger charge is -2.14. The van der Waals surface area contributed by atoms with Crippen LogP contribution in [0.3, 0.4) is 0 Å². The molecule has 0 bridgehead atoms. The second kappa shape index (κ2) is 6.66. The molecule has 0 fully saturated rings. The van der Waals surface area contributed by atoms with E-state index in [9.17, 15) is 5.11 Å². The van der Waals surface area contributed by atoms with E-state index in [1.54, 1.807) is 0 Å². The van der Waals surface area contributed by atoms with Gasteiger partial charge in [-0.15, -0.1) is 0 Å². The second-order valence-electron chi connectivity index (χ2n) is 5.00. The highest BCUT2D eigenvalue weighted by Gasteiger charge is 2.08. The summed E-state index contributed by atoms with van der Waals surface area (Å²) in [5.41, 5.74) is 0.906. The molecule has 0 heterocycles. The molecule has 19 heavy (non-hydrogen) atoms. The number of ether oxygens (including phenoxy) is 1. The molecular weight excluding hydrogens is 238 g/mol.